The van der Waals surface area contributed by atoms with E-state index in [2.05, 4.69) is 0 Å². The molecule has 0 radical (unpaired) electrons. The second-order valence-corrected chi connectivity index (χ2v) is 4.49. The van der Waals surface area contributed by atoms with Gasteiger partial charge in [-0.2, -0.15) is 0 Å². The molecule has 0 aliphatic rings. The normalized spacial score (nSPS) is 10.3. The Morgan fingerprint density at radius 1 is 1.15 bits per heavy atom. The Morgan fingerprint density at radius 2 is 1.80 bits per heavy atom. The quantitative estimate of drug-likeness (QED) is 0.671. The summed E-state index contributed by atoms with van der Waals surface area (Å²) in [7, 11) is 0. The molecule has 0 bridgehead atoms. The molecular formula is C15H15NO4. The highest BCUT2D eigenvalue weighted by atomic mass is 16.6. The highest BCUT2D eigenvalue weighted by molar-refractivity contribution is 5.48. The van der Waals surface area contributed by atoms with Crippen LogP contribution in [0.25, 0.3) is 0 Å². The van der Waals surface area contributed by atoms with Crippen LogP contribution in [-0.4, -0.2) is 10.0 Å². The zero-order chi connectivity index (χ0) is 14.5. The van der Waals surface area contributed by atoms with E-state index in [0.717, 1.165) is 16.7 Å². The van der Waals surface area contributed by atoms with Gasteiger partial charge in [-0.15, -0.1) is 0 Å². The standard InChI is InChI=1S/C15H15NO4/c1-11-2-7-15(14(8-11)16(18)19)20-10-13-5-3-12(9-17)4-6-13/h2-8,17H,9-10H2,1H3. The van der Waals surface area contributed by atoms with Crippen LogP contribution < -0.4 is 4.74 Å². The monoisotopic (exact) mass is 273 g/mol. The molecule has 0 aliphatic carbocycles. The van der Waals surface area contributed by atoms with Gasteiger partial charge in [-0.1, -0.05) is 30.3 Å². The number of aliphatic hydroxyl groups excluding tert-OH is 1. The molecule has 0 aromatic heterocycles. The molecule has 20 heavy (non-hydrogen) atoms. The molecule has 0 amide bonds. The molecule has 2 aromatic carbocycles. The molecule has 0 saturated heterocycles. The minimum Gasteiger partial charge on any atom is -0.482 e. The third kappa shape index (κ3) is 3.33. The highest BCUT2D eigenvalue weighted by Gasteiger charge is 2.14. The molecular weight excluding hydrogens is 258 g/mol. The lowest BCUT2D eigenvalue weighted by molar-refractivity contribution is -0.386. The SMILES string of the molecule is Cc1ccc(OCc2ccc(CO)cc2)c([N+](=O)[O-])c1. The molecule has 2 aromatic rings. The average Bonchev–Trinajstić information content (AvgIpc) is 2.46. The van der Waals surface area contributed by atoms with Crippen LogP contribution in [-0.2, 0) is 13.2 Å². The maximum Gasteiger partial charge on any atom is 0.311 e. The van der Waals surface area contributed by atoms with E-state index in [4.69, 9.17) is 9.84 Å². The second kappa shape index (κ2) is 6.16. The van der Waals surface area contributed by atoms with E-state index in [9.17, 15) is 10.1 Å². The zero-order valence-electron chi connectivity index (χ0n) is 11.1. The van der Waals surface area contributed by atoms with Crippen LogP contribution in [0.15, 0.2) is 42.5 Å². The predicted octanol–water partition coefficient (Wildman–Crippen LogP) is 2.97. The van der Waals surface area contributed by atoms with Crippen molar-refractivity contribution in [2.24, 2.45) is 0 Å². The van der Waals surface area contributed by atoms with Crippen molar-refractivity contribution in [3.05, 3.63) is 69.3 Å². The van der Waals surface area contributed by atoms with Crippen LogP contribution in [0.5, 0.6) is 5.75 Å². The number of aliphatic hydroxyl groups is 1. The van der Waals surface area contributed by atoms with Crippen LogP contribution >= 0.6 is 0 Å². The van der Waals surface area contributed by atoms with Crippen LogP contribution in [0.3, 0.4) is 0 Å². The minimum absolute atomic E-state index is 0.00935. The molecule has 0 spiro atoms. The fourth-order valence-electron chi connectivity index (χ4n) is 1.79. The number of ether oxygens (including phenoxy) is 1. The van der Waals surface area contributed by atoms with Gasteiger partial charge in [0.05, 0.1) is 11.5 Å². The molecule has 2 rings (SSSR count). The van der Waals surface area contributed by atoms with Gasteiger partial charge >= 0.3 is 5.69 Å². The molecule has 0 saturated carbocycles. The lowest BCUT2D eigenvalue weighted by atomic mass is 10.1. The Morgan fingerprint density at radius 3 is 2.40 bits per heavy atom. The minimum atomic E-state index is -0.447. The molecule has 5 nitrogen and oxygen atoms in total. The van der Waals surface area contributed by atoms with Gasteiger partial charge in [0.1, 0.15) is 6.61 Å². The van der Waals surface area contributed by atoms with E-state index in [-0.39, 0.29) is 24.7 Å². The van der Waals surface area contributed by atoms with Gasteiger partial charge in [0.15, 0.2) is 5.75 Å². The van der Waals surface area contributed by atoms with Crippen molar-refractivity contribution in [2.75, 3.05) is 0 Å². The number of nitrogens with zero attached hydrogens (tertiary/aromatic N) is 1. The third-order valence-corrected chi connectivity index (χ3v) is 2.91. The maximum atomic E-state index is 11.0. The largest absolute Gasteiger partial charge is 0.482 e. The smallest absolute Gasteiger partial charge is 0.311 e. The summed E-state index contributed by atoms with van der Waals surface area (Å²) in [5, 5.41) is 19.9. The van der Waals surface area contributed by atoms with Crippen molar-refractivity contribution in [3.8, 4) is 5.75 Å². The summed E-state index contributed by atoms with van der Waals surface area (Å²) < 4.78 is 5.51. The van der Waals surface area contributed by atoms with Crippen molar-refractivity contribution < 1.29 is 14.8 Å². The first-order chi connectivity index (χ1) is 9.60. The summed E-state index contributed by atoms with van der Waals surface area (Å²) in [6.45, 7) is 2.03. The van der Waals surface area contributed by atoms with Gasteiger partial charge in [-0.3, -0.25) is 10.1 Å². The summed E-state index contributed by atoms with van der Waals surface area (Å²) >= 11 is 0. The first kappa shape index (κ1) is 14.0. The lowest BCUT2D eigenvalue weighted by Crippen LogP contribution is -1.99. The Hall–Kier alpha value is -2.40. The molecule has 0 fully saturated rings. The van der Waals surface area contributed by atoms with E-state index in [1.165, 1.54) is 6.07 Å². The molecule has 5 heteroatoms. The van der Waals surface area contributed by atoms with Crippen molar-refractivity contribution in [3.63, 3.8) is 0 Å². The Labute approximate surface area is 116 Å². The number of hydrogen-bond donors (Lipinski definition) is 1. The topological polar surface area (TPSA) is 72.6 Å². The van der Waals surface area contributed by atoms with E-state index in [1.54, 1.807) is 31.2 Å². The Balaban J connectivity index is 2.12. The maximum absolute atomic E-state index is 11.0. The lowest BCUT2D eigenvalue weighted by Gasteiger charge is -2.08. The van der Waals surface area contributed by atoms with E-state index < -0.39 is 4.92 Å². The first-order valence-corrected chi connectivity index (χ1v) is 6.16. The number of benzene rings is 2. The zero-order valence-corrected chi connectivity index (χ0v) is 11.1. The molecule has 1 N–H and O–H groups in total. The van der Waals surface area contributed by atoms with Gasteiger partial charge in [-0.05, 0) is 29.7 Å². The van der Waals surface area contributed by atoms with Gasteiger partial charge < -0.3 is 9.84 Å². The van der Waals surface area contributed by atoms with Crippen LogP contribution in [0.2, 0.25) is 0 Å². The van der Waals surface area contributed by atoms with Gasteiger partial charge in [0.2, 0.25) is 0 Å². The molecule has 0 unspecified atom stereocenters. The van der Waals surface area contributed by atoms with E-state index in [0.29, 0.717) is 0 Å². The highest BCUT2D eigenvalue weighted by Crippen LogP contribution is 2.28. The van der Waals surface area contributed by atoms with Crippen molar-refractivity contribution in [1.82, 2.24) is 0 Å². The van der Waals surface area contributed by atoms with Gasteiger partial charge in [-0.25, -0.2) is 0 Å². The van der Waals surface area contributed by atoms with E-state index in [1.807, 2.05) is 12.1 Å². The Kier molecular flexibility index (Phi) is 4.32. The van der Waals surface area contributed by atoms with Crippen molar-refractivity contribution in [2.45, 2.75) is 20.1 Å². The fraction of sp³-hybridized carbons (Fsp3) is 0.200. The molecule has 104 valence electrons. The van der Waals surface area contributed by atoms with Crippen molar-refractivity contribution in [1.29, 1.82) is 0 Å². The summed E-state index contributed by atoms with van der Waals surface area (Å²) in [5.74, 6) is 0.256. The summed E-state index contributed by atoms with van der Waals surface area (Å²) in [6, 6.07) is 12.1. The number of hydrogen-bond acceptors (Lipinski definition) is 4. The number of nitro benzene ring substituents is 1. The van der Waals surface area contributed by atoms with Crippen LogP contribution in [0.1, 0.15) is 16.7 Å². The van der Waals surface area contributed by atoms with Gasteiger partial charge in [0.25, 0.3) is 0 Å². The summed E-state index contributed by atoms with van der Waals surface area (Å²) in [6.07, 6.45) is 0. The molecule has 0 heterocycles. The summed E-state index contributed by atoms with van der Waals surface area (Å²) in [4.78, 5) is 10.5. The van der Waals surface area contributed by atoms with Crippen LogP contribution in [0, 0.1) is 17.0 Å². The van der Waals surface area contributed by atoms with Crippen molar-refractivity contribution >= 4 is 5.69 Å². The van der Waals surface area contributed by atoms with E-state index >= 15 is 0 Å². The number of aryl methyl sites for hydroxylation is 1. The Bertz CT molecular complexity index is 608. The van der Waals surface area contributed by atoms with Gasteiger partial charge in [0, 0.05) is 6.07 Å². The fourth-order valence-corrected chi connectivity index (χ4v) is 1.79. The number of nitro groups is 1. The molecule has 0 atom stereocenters. The molecule has 0 aliphatic heterocycles. The average molecular weight is 273 g/mol. The number of rotatable bonds is 5. The first-order valence-electron chi connectivity index (χ1n) is 6.16. The predicted molar refractivity (Wildman–Crippen MR) is 74.5 cm³/mol. The second-order valence-electron chi connectivity index (χ2n) is 4.49. The third-order valence-electron chi connectivity index (χ3n) is 2.91. The summed E-state index contributed by atoms with van der Waals surface area (Å²) in [5.41, 5.74) is 2.49. The van der Waals surface area contributed by atoms with Crippen LogP contribution in [0.4, 0.5) is 5.69 Å².